The second kappa shape index (κ2) is 5.11. The van der Waals surface area contributed by atoms with Crippen molar-refractivity contribution in [2.24, 2.45) is 5.92 Å². The molecule has 1 atom stereocenters. The molecule has 0 heterocycles. The van der Waals surface area contributed by atoms with E-state index >= 15 is 0 Å². The molecule has 0 aromatic carbocycles. The first-order valence-electron chi connectivity index (χ1n) is 5.17. The van der Waals surface area contributed by atoms with Crippen LogP contribution in [0.1, 0.15) is 32.1 Å². The lowest BCUT2D eigenvalue weighted by atomic mass is 9.81. The maximum absolute atomic E-state index is 11.2. The second-order valence-electron chi connectivity index (χ2n) is 3.84. The molecule has 0 spiro atoms. The molecule has 0 bridgehead atoms. The highest BCUT2D eigenvalue weighted by Gasteiger charge is 2.46. The molecule has 0 radical (unpaired) electrons. The van der Waals surface area contributed by atoms with Crippen LogP contribution in [0, 0.1) is 5.92 Å². The molecule has 86 valence electrons. The fourth-order valence-electron chi connectivity index (χ4n) is 2.26. The molecule has 1 saturated carbocycles. The summed E-state index contributed by atoms with van der Waals surface area (Å²) in [5.74, 6) is -1.26. The summed E-state index contributed by atoms with van der Waals surface area (Å²) in [7, 11) is 1.32. The number of carbonyl (C=O) groups is 2. The van der Waals surface area contributed by atoms with Crippen LogP contribution in [0.4, 0.5) is 0 Å². The lowest BCUT2D eigenvalue weighted by Crippen LogP contribution is -2.59. The second-order valence-corrected chi connectivity index (χ2v) is 3.84. The number of nitrogens with one attached hydrogen (secondary N) is 1. The van der Waals surface area contributed by atoms with Crippen molar-refractivity contribution in [3.63, 3.8) is 0 Å². The van der Waals surface area contributed by atoms with Gasteiger partial charge in [0.1, 0.15) is 0 Å². The average Bonchev–Trinajstić information content (AvgIpc) is 2.26. The quantitative estimate of drug-likeness (QED) is 0.524. The number of ether oxygens (including phenoxy) is 1. The van der Waals surface area contributed by atoms with Gasteiger partial charge >= 0.3 is 5.97 Å². The third kappa shape index (κ3) is 2.28. The average molecular weight is 215 g/mol. The van der Waals surface area contributed by atoms with Gasteiger partial charge in [-0.1, -0.05) is 19.3 Å². The molecular weight excluding hydrogens is 198 g/mol. The molecule has 0 aromatic rings. The molecular formula is C10H17NO4. The Balaban J connectivity index is 2.85. The maximum Gasteiger partial charge on any atom is 0.357 e. The normalized spacial score (nSPS) is 21.7. The molecule has 1 unspecified atom stereocenters. The number of hydrogen-bond acceptors (Lipinski definition) is 3. The zero-order chi connectivity index (χ0) is 11.3. The molecule has 5 nitrogen and oxygen atoms in total. The van der Waals surface area contributed by atoms with Gasteiger partial charge in [0.05, 0.1) is 0 Å². The Kier molecular flexibility index (Phi) is 4.08. The van der Waals surface area contributed by atoms with Gasteiger partial charge in [-0.05, 0) is 12.8 Å². The fourth-order valence-corrected chi connectivity index (χ4v) is 2.26. The molecule has 0 aliphatic heterocycles. The number of methoxy groups -OCH3 is 1. The topological polar surface area (TPSA) is 75.6 Å². The van der Waals surface area contributed by atoms with Crippen LogP contribution in [0.3, 0.4) is 0 Å². The predicted molar refractivity (Wildman–Crippen MR) is 53.2 cm³/mol. The van der Waals surface area contributed by atoms with Crippen LogP contribution in [0.15, 0.2) is 0 Å². The number of carboxylic acid groups (broad SMARTS) is 1. The minimum Gasteiger partial charge on any atom is -0.478 e. The summed E-state index contributed by atoms with van der Waals surface area (Å²) in [4.78, 5) is 21.7. The SMILES string of the molecule is COC(NC=O)(C(=O)O)C1CCCCC1. The number of carboxylic acids is 1. The monoisotopic (exact) mass is 215 g/mol. The Morgan fingerprint density at radius 3 is 2.47 bits per heavy atom. The van der Waals surface area contributed by atoms with Gasteiger partial charge in [-0.2, -0.15) is 0 Å². The highest BCUT2D eigenvalue weighted by atomic mass is 16.5. The number of carbonyl (C=O) groups excluding carboxylic acids is 1. The van der Waals surface area contributed by atoms with Crippen LogP contribution in [0.2, 0.25) is 0 Å². The highest BCUT2D eigenvalue weighted by molar-refractivity contribution is 5.80. The van der Waals surface area contributed by atoms with Crippen molar-refractivity contribution in [2.45, 2.75) is 37.8 Å². The standard InChI is InChI=1S/C10H17NO4/c1-15-10(9(13)14,11-7-12)8-5-3-2-4-6-8/h7-8H,2-6H2,1H3,(H,11,12)(H,13,14). The van der Waals surface area contributed by atoms with Crippen LogP contribution in [0.5, 0.6) is 0 Å². The van der Waals surface area contributed by atoms with Gasteiger partial charge in [-0.25, -0.2) is 4.79 Å². The van der Waals surface area contributed by atoms with Crippen molar-refractivity contribution in [3.05, 3.63) is 0 Å². The van der Waals surface area contributed by atoms with Gasteiger partial charge in [0.2, 0.25) is 12.1 Å². The van der Waals surface area contributed by atoms with Crippen molar-refractivity contribution >= 4 is 12.4 Å². The van der Waals surface area contributed by atoms with Crippen LogP contribution in [-0.4, -0.2) is 30.3 Å². The first-order valence-corrected chi connectivity index (χ1v) is 5.17. The first-order chi connectivity index (χ1) is 7.17. The van der Waals surface area contributed by atoms with Crippen LogP contribution in [-0.2, 0) is 14.3 Å². The van der Waals surface area contributed by atoms with E-state index in [0.29, 0.717) is 6.41 Å². The summed E-state index contributed by atoms with van der Waals surface area (Å²) in [6.07, 6.45) is 5.05. The molecule has 1 aliphatic rings. The van der Waals surface area contributed by atoms with Crippen molar-refractivity contribution in [2.75, 3.05) is 7.11 Å². The third-order valence-corrected chi connectivity index (χ3v) is 3.09. The third-order valence-electron chi connectivity index (χ3n) is 3.09. The number of aliphatic carboxylic acids is 1. The van der Waals surface area contributed by atoms with E-state index in [-0.39, 0.29) is 5.92 Å². The minimum atomic E-state index is -1.54. The Hall–Kier alpha value is -1.10. The summed E-state index contributed by atoms with van der Waals surface area (Å²) in [5, 5.41) is 11.5. The summed E-state index contributed by atoms with van der Waals surface area (Å²) in [6.45, 7) is 0. The molecule has 5 heteroatoms. The minimum absolute atomic E-state index is 0.140. The molecule has 1 fully saturated rings. The molecule has 15 heavy (non-hydrogen) atoms. The van der Waals surface area contributed by atoms with Gasteiger partial charge in [0, 0.05) is 13.0 Å². The van der Waals surface area contributed by atoms with Gasteiger partial charge in [-0.15, -0.1) is 0 Å². The van der Waals surface area contributed by atoms with E-state index in [0.717, 1.165) is 32.1 Å². The molecule has 1 aliphatic carbocycles. The summed E-state index contributed by atoms with van der Waals surface area (Å²) >= 11 is 0. The summed E-state index contributed by atoms with van der Waals surface area (Å²) in [5.41, 5.74) is -1.54. The van der Waals surface area contributed by atoms with Crippen LogP contribution >= 0.6 is 0 Å². The van der Waals surface area contributed by atoms with Gasteiger partial charge in [0.15, 0.2) is 0 Å². The highest BCUT2D eigenvalue weighted by Crippen LogP contribution is 2.33. The van der Waals surface area contributed by atoms with E-state index in [1.165, 1.54) is 7.11 Å². The summed E-state index contributed by atoms with van der Waals surface area (Å²) < 4.78 is 5.04. The van der Waals surface area contributed by atoms with Gasteiger partial charge < -0.3 is 15.2 Å². The molecule has 2 N–H and O–H groups in total. The van der Waals surface area contributed by atoms with Gasteiger partial charge in [-0.3, -0.25) is 4.79 Å². The Bertz CT molecular complexity index is 238. The molecule has 1 rings (SSSR count). The van der Waals surface area contributed by atoms with E-state index in [2.05, 4.69) is 5.32 Å². The van der Waals surface area contributed by atoms with Crippen molar-refractivity contribution in [1.29, 1.82) is 0 Å². The van der Waals surface area contributed by atoms with Crippen molar-refractivity contribution in [3.8, 4) is 0 Å². The fraction of sp³-hybridized carbons (Fsp3) is 0.800. The Morgan fingerprint density at radius 1 is 1.47 bits per heavy atom. The molecule has 0 aromatic heterocycles. The largest absolute Gasteiger partial charge is 0.478 e. The van der Waals surface area contributed by atoms with Crippen LogP contribution < -0.4 is 5.32 Å². The number of rotatable bonds is 5. The maximum atomic E-state index is 11.2. The van der Waals surface area contributed by atoms with E-state index in [1.807, 2.05) is 0 Å². The van der Waals surface area contributed by atoms with Crippen molar-refractivity contribution in [1.82, 2.24) is 5.32 Å². The van der Waals surface area contributed by atoms with Crippen molar-refractivity contribution < 1.29 is 19.4 Å². The van der Waals surface area contributed by atoms with Crippen LogP contribution in [0.25, 0.3) is 0 Å². The zero-order valence-electron chi connectivity index (χ0n) is 8.86. The number of hydrogen-bond donors (Lipinski definition) is 2. The van der Waals surface area contributed by atoms with E-state index < -0.39 is 11.7 Å². The first kappa shape index (κ1) is 12.0. The number of amides is 1. The zero-order valence-corrected chi connectivity index (χ0v) is 8.86. The smallest absolute Gasteiger partial charge is 0.357 e. The van der Waals surface area contributed by atoms with E-state index in [4.69, 9.17) is 9.84 Å². The molecule has 1 amide bonds. The van der Waals surface area contributed by atoms with Gasteiger partial charge in [0.25, 0.3) is 0 Å². The lowest BCUT2D eigenvalue weighted by molar-refractivity contribution is -0.179. The van der Waals surface area contributed by atoms with E-state index in [1.54, 1.807) is 0 Å². The van der Waals surface area contributed by atoms with E-state index in [9.17, 15) is 9.59 Å². The Labute approximate surface area is 88.8 Å². The summed E-state index contributed by atoms with van der Waals surface area (Å²) in [6, 6.07) is 0. The Morgan fingerprint density at radius 2 is 2.07 bits per heavy atom. The lowest BCUT2D eigenvalue weighted by Gasteiger charge is -2.37. The molecule has 0 saturated heterocycles. The predicted octanol–water partition coefficient (Wildman–Crippen LogP) is 0.740.